The predicted octanol–water partition coefficient (Wildman–Crippen LogP) is 2.66. The molecular weight excluding hydrogens is 379 g/mol. The second kappa shape index (κ2) is 8.93. The van der Waals surface area contributed by atoms with Crippen LogP contribution in [0.2, 0.25) is 10.0 Å². The van der Waals surface area contributed by atoms with E-state index < -0.39 is 0 Å². The van der Waals surface area contributed by atoms with E-state index >= 15 is 0 Å². The molecule has 2 fully saturated rings. The number of rotatable bonds is 5. The van der Waals surface area contributed by atoms with Gasteiger partial charge in [0.15, 0.2) is 6.61 Å². The Morgan fingerprint density at radius 3 is 2.65 bits per heavy atom. The Hall–Kier alpha value is -1.50. The van der Waals surface area contributed by atoms with Gasteiger partial charge in [0.2, 0.25) is 0 Å². The van der Waals surface area contributed by atoms with E-state index in [0.717, 1.165) is 25.7 Å². The zero-order chi connectivity index (χ0) is 18.5. The fraction of sp³-hybridized carbons (Fsp3) is 0.556. The van der Waals surface area contributed by atoms with Crippen molar-refractivity contribution in [1.82, 2.24) is 10.2 Å². The second-order valence-electron chi connectivity index (χ2n) is 6.53. The van der Waals surface area contributed by atoms with E-state index in [0.29, 0.717) is 35.5 Å². The molecule has 142 valence electrons. The minimum atomic E-state index is -0.279. The summed E-state index contributed by atoms with van der Waals surface area (Å²) in [6.07, 6.45) is 2.93. The van der Waals surface area contributed by atoms with Crippen molar-refractivity contribution in [3.63, 3.8) is 0 Å². The maximum absolute atomic E-state index is 12.3. The molecule has 1 aromatic rings. The number of carbonyl (C=O) groups excluding carboxylic acids is 2. The number of benzene rings is 1. The van der Waals surface area contributed by atoms with Gasteiger partial charge in [-0.25, -0.2) is 0 Å². The standard InChI is InChI=1S/C18H22Cl2N2O4/c19-12-3-4-15(14(20)10-12)26-11-17(23)21-13-5-7-22(8-6-13)18(24)16-2-1-9-25-16/h3-4,10,13,16H,1-2,5-9,11H2,(H,21,23). The van der Waals surface area contributed by atoms with E-state index in [9.17, 15) is 9.59 Å². The molecule has 1 unspecified atom stereocenters. The van der Waals surface area contributed by atoms with Gasteiger partial charge in [0.25, 0.3) is 11.8 Å². The number of likely N-dealkylation sites (tertiary alicyclic amines) is 1. The van der Waals surface area contributed by atoms with E-state index in [-0.39, 0.29) is 30.6 Å². The molecule has 0 radical (unpaired) electrons. The van der Waals surface area contributed by atoms with Crippen molar-refractivity contribution in [1.29, 1.82) is 0 Å². The largest absolute Gasteiger partial charge is 0.482 e. The van der Waals surface area contributed by atoms with Gasteiger partial charge in [-0.1, -0.05) is 23.2 Å². The molecule has 2 amide bonds. The van der Waals surface area contributed by atoms with Crippen molar-refractivity contribution >= 4 is 35.0 Å². The molecule has 6 nitrogen and oxygen atoms in total. The lowest BCUT2D eigenvalue weighted by Gasteiger charge is -2.33. The van der Waals surface area contributed by atoms with E-state index in [1.807, 2.05) is 4.90 Å². The predicted molar refractivity (Wildman–Crippen MR) is 98.7 cm³/mol. The lowest BCUT2D eigenvalue weighted by atomic mass is 10.0. The van der Waals surface area contributed by atoms with E-state index in [1.165, 1.54) is 0 Å². The summed E-state index contributed by atoms with van der Waals surface area (Å²) in [5, 5.41) is 3.82. The molecule has 8 heteroatoms. The normalized spacial score (nSPS) is 20.8. The van der Waals surface area contributed by atoms with Crippen LogP contribution in [0.15, 0.2) is 18.2 Å². The molecule has 2 aliphatic heterocycles. The summed E-state index contributed by atoms with van der Waals surface area (Å²) < 4.78 is 10.9. The van der Waals surface area contributed by atoms with Crippen molar-refractivity contribution in [2.75, 3.05) is 26.3 Å². The lowest BCUT2D eigenvalue weighted by molar-refractivity contribution is -0.142. The van der Waals surface area contributed by atoms with Crippen molar-refractivity contribution in [3.05, 3.63) is 28.2 Å². The monoisotopic (exact) mass is 400 g/mol. The smallest absolute Gasteiger partial charge is 0.258 e. The van der Waals surface area contributed by atoms with Gasteiger partial charge in [-0.3, -0.25) is 9.59 Å². The number of piperidine rings is 1. The molecule has 0 aliphatic carbocycles. The van der Waals surface area contributed by atoms with Crippen LogP contribution in [0, 0.1) is 0 Å². The number of nitrogens with zero attached hydrogens (tertiary/aromatic N) is 1. The Kier molecular flexibility index (Phi) is 6.62. The lowest BCUT2D eigenvalue weighted by Crippen LogP contribution is -2.49. The van der Waals surface area contributed by atoms with Crippen molar-refractivity contribution in [2.24, 2.45) is 0 Å². The molecule has 2 heterocycles. The first kappa shape index (κ1) is 19.3. The van der Waals surface area contributed by atoms with E-state index in [2.05, 4.69) is 5.32 Å². The number of ether oxygens (including phenoxy) is 2. The topological polar surface area (TPSA) is 67.9 Å². The zero-order valence-corrected chi connectivity index (χ0v) is 15.9. The summed E-state index contributed by atoms with van der Waals surface area (Å²) in [6.45, 7) is 1.82. The van der Waals surface area contributed by atoms with Gasteiger partial charge in [-0.05, 0) is 43.9 Å². The third-order valence-electron chi connectivity index (χ3n) is 4.63. The quantitative estimate of drug-likeness (QED) is 0.824. The maximum atomic E-state index is 12.3. The number of nitrogens with one attached hydrogen (secondary N) is 1. The summed E-state index contributed by atoms with van der Waals surface area (Å²) in [5.74, 6) is 0.288. The Balaban J connectivity index is 1.39. The average Bonchev–Trinajstić information content (AvgIpc) is 3.16. The molecule has 1 N–H and O–H groups in total. The van der Waals surface area contributed by atoms with E-state index in [4.69, 9.17) is 32.7 Å². The fourth-order valence-corrected chi connectivity index (χ4v) is 3.69. The molecular formula is C18H22Cl2N2O4. The molecule has 0 aromatic heterocycles. The fourth-order valence-electron chi connectivity index (χ4n) is 3.23. The molecule has 2 aliphatic rings. The molecule has 3 rings (SSSR count). The van der Waals surface area contributed by atoms with Gasteiger partial charge >= 0.3 is 0 Å². The summed E-state index contributed by atoms with van der Waals surface area (Å²) in [5.41, 5.74) is 0. The van der Waals surface area contributed by atoms with Crippen LogP contribution in [-0.4, -0.2) is 55.2 Å². The van der Waals surface area contributed by atoms with Gasteiger partial charge in [0.05, 0.1) is 5.02 Å². The van der Waals surface area contributed by atoms with Crippen LogP contribution >= 0.6 is 23.2 Å². The number of hydrogen-bond acceptors (Lipinski definition) is 4. The number of carbonyl (C=O) groups is 2. The summed E-state index contributed by atoms with van der Waals surface area (Å²) in [7, 11) is 0. The van der Waals surface area contributed by atoms with Crippen molar-refractivity contribution in [3.8, 4) is 5.75 Å². The van der Waals surface area contributed by atoms with Crippen LogP contribution in [0.5, 0.6) is 5.75 Å². The third-order valence-corrected chi connectivity index (χ3v) is 5.16. The van der Waals surface area contributed by atoms with Gasteiger partial charge in [0, 0.05) is 30.8 Å². The summed E-state index contributed by atoms with van der Waals surface area (Å²) in [4.78, 5) is 26.2. The van der Waals surface area contributed by atoms with Crippen LogP contribution in [0.3, 0.4) is 0 Å². The Labute approximate surface area is 162 Å². The second-order valence-corrected chi connectivity index (χ2v) is 7.38. The third kappa shape index (κ3) is 5.02. The number of hydrogen-bond donors (Lipinski definition) is 1. The molecule has 2 saturated heterocycles. The molecule has 0 spiro atoms. The van der Waals surface area contributed by atoms with Gasteiger partial charge < -0.3 is 19.7 Å². The molecule has 1 atom stereocenters. The average molecular weight is 401 g/mol. The highest BCUT2D eigenvalue weighted by Crippen LogP contribution is 2.27. The summed E-state index contributed by atoms with van der Waals surface area (Å²) >= 11 is 11.8. The van der Waals surface area contributed by atoms with Crippen LogP contribution in [-0.2, 0) is 14.3 Å². The highest BCUT2D eigenvalue weighted by atomic mass is 35.5. The Morgan fingerprint density at radius 1 is 1.23 bits per heavy atom. The van der Waals surface area contributed by atoms with Gasteiger partial charge in [-0.15, -0.1) is 0 Å². The highest BCUT2D eigenvalue weighted by molar-refractivity contribution is 6.35. The van der Waals surface area contributed by atoms with Gasteiger partial charge in [0.1, 0.15) is 11.9 Å². The first-order valence-electron chi connectivity index (χ1n) is 8.80. The zero-order valence-electron chi connectivity index (χ0n) is 14.4. The minimum absolute atomic E-state index is 0.0420. The minimum Gasteiger partial charge on any atom is -0.482 e. The highest BCUT2D eigenvalue weighted by Gasteiger charge is 2.31. The van der Waals surface area contributed by atoms with E-state index in [1.54, 1.807) is 18.2 Å². The number of halogens is 2. The molecule has 0 saturated carbocycles. The van der Waals surface area contributed by atoms with Gasteiger partial charge in [-0.2, -0.15) is 0 Å². The SMILES string of the molecule is O=C(COc1ccc(Cl)cc1Cl)NC1CCN(C(=O)C2CCCO2)CC1. The Morgan fingerprint density at radius 2 is 2.00 bits per heavy atom. The summed E-state index contributed by atoms with van der Waals surface area (Å²) in [6, 6.07) is 4.89. The Bertz CT molecular complexity index is 657. The van der Waals surface area contributed by atoms with Crippen molar-refractivity contribution in [2.45, 2.75) is 37.8 Å². The van der Waals surface area contributed by atoms with Crippen LogP contribution in [0.4, 0.5) is 0 Å². The molecule has 1 aromatic carbocycles. The number of amides is 2. The van der Waals surface area contributed by atoms with Crippen molar-refractivity contribution < 1.29 is 19.1 Å². The first-order chi connectivity index (χ1) is 12.5. The maximum Gasteiger partial charge on any atom is 0.258 e. The first-order valence-corrected chi connectivity index (χ1v) is 9.56. The molecule has 26 heavy (non-hydrogen) atoms. The van der Waals surface area contributed by atoms with Crippen LogP contribution in [0.1, 0.15) is 25.7 Å². The molecule has 0 bridgehead atoms. The van der Waals surface area contributed by atoms with Crippen LogP contribution in [0.25, 0.3) is 0 Å². The van der Waals surface area contributed by atoms with Crippen LogP contribution < -0.4 is 10.1 Å².